The van der Waals surface area contributed by atoms with Crippen LogP contribution in [0.3, 0.4) is 0 Å². The molecule has 84 valence electrons. The van der Waals surface area contributed by atoms with Crippen molar-refractivity contribution < 1.29 is 14.6 Å². The Morgan fingerprint density at radius 3 is 2.36 bits per heavy atom. The zero-order valence-corrected chi connectivity index (χ0v) is 9.45. The van der Waals surface area contributed by atoms with Crippen molar-refractivity contribution in [2.45, 2.75) is 52.6 Å². The van der Waals surface area contributed by atoms with Gasteiger partial charge < -0.3 is 9.84 Å². The molecule has 0 bridgehead atoms. The number of carbonyl (C=O) groups is 1. The highest BCUT2D eigenvalue weighted by atomic mass is 16.5. The van der Waals surface area contributed by atoms with Gasteiger partial charge in [-0.25, -0.2) is 0 Å². The molecule has 0 aromatic rings. The van der Waals surface area contributed by atoms with Crippen LogP contribution in [-0.4, -0.2) is 23.8 Å². The van der Waals surface area contributed by atoms with Gasteiger partial charge in [0, 0.05) is 13.0 Å². The molecule has 0 rings (SSSR count). The largest absolute Gasteiger partial charge is 0.481 e. The van der Waals surface area contributed by atoms with E-state index in [4.69, 9.17) is 9.84 Å². The number of ether oxygens (including phenoxy) is 1. The Morgan fingerprint density at radius 2 is 1.86 bits per heavy atom. The van der Waals surface area contributed by atoms with Crippen molar-refractivity contribution in [1.82, 2.24) is 0 Å². The summed E-state index contributed by atoms with van der Waals surface area (Å²) in [5.74, 6) is -0.157. The molecule has 0 aromatic heterocycles. The highest BCUT2D eigenvalue weighted by molar-refractivity contribution is 5.66. The Balaban J connectivity index is 3.17. The van der Waals surface area contributed by atoms with E-state index in [0.29, 0.717) is 12.0 Å². The van der Waals surface area contributed by atoms with Gasteiger partial charge in [-0.3, -0.25) is 4.79 Å². The van der Waals surface area contributed by atoms with Crippen molar-refractivity contribution in [2.24, 2.45) is 5.92 Å². The van der Waals surface area contributed by atoms with Gasteiger partial charge in [-0.05, 0) is 25.7 Å². The molecule has 14 heavy (non-hydrogen) atoms. The van der Waals surface area contributed by atoms with Crippen LogP contribution in [0.25, 0.3) is 0 Å². The molecule has 3 heteroatoms. The van der Waals surface area contributed by atoms with Crippen molar-refractivity contribution in [2.75, 3.05) is 6.61 Å². The van der Waals surface area contributed by atoms with E-state index in [0.717, 1.165) is 25.9 Å². The number of unbranched alkanes of at least 4 members (excludes halogenated alkanes) is 2. The maximum absolute atomic E-state index is 10.2. The first-order valence-electron chi connectivity index (χ1n) is 5.37. The zero-order chi connectivity index (χ0) is 11.0. The first-order valence-corrected chi connectivity index (χ1v) is 5.37. The van der Waals surface area contributed by atoms with Crippen LogP contribution in [0.5, 0.6) is 0 Å². The molecule has 0 radical (unpaired) electrons. The van der Waals surface area contributed by atoms with Gasteiger partial charge in [0.15, 0.2) is 0 Å². The topological polar surface area (TPSA) is 46.5 Å². The van der Waals surface area contributed by atoms with Crippen LogP contribution in [0, 0.1) is 5.92 Å². The lowest BCUT2D eigenvalue weighted by molar-refractivity contribution is -0.137. The van der Waals surface area contributed by atoms with E-state index in [9.17, 15) is 4.79 Å². The maximum Gasteiger partial charge on any atom is 0.303 e. The molecule has 1 unspecified atom stereocenters. The summed E-state index contributed by atoms with van der Waals surface area (Å²) in [5, 5.41) is 8.40. The van der Waals surface area contributed by atoms with Gasteiger partial charge in [0.05, 0.1) is 6.10 Å². The summed E-state index contributed by atoms with van der Waals surface area (Å²) in [4.78, 5) is 10.2. The van der Waals surface area contributed by atoms with E-state index in [-0.39, 0.29) is 6.42 Å². The van der Waals surface area contributed by atoms with Crippen LogP contribution in [0.15, 0.2) is 0 Å². The highest BCUT2D eigenvalue weighted by Crippen LogP contribution is 2.07. The molecule has 0 aliphatic rings. The third kappa shape index (κ3) is 8.05. The van der Waals surface area contributed by atoms with Crippen LogP contribution >= 0.6 is 0 Å². The molecular formula is C11H22O3. The molecular weight excluding hydrogens is 180 g/mol. The molecule has 3 nitrogen and oxygen atoms in total. The first-order chi connectivity index (χ1) is 6.54. The van der Waals surface area contributed by atoms with Gasteiger partial charge in [-0.1, -0.05) is 20.3 Å². The summed E-state index contributed by atoms with van der Waals surface area (Å²) in [5.41, 5.74) is 0. The summed E-state index contributed by atoms with van der Waals surface area (Å²) in [7, 11) is 0. The van der Waals surface area contributed by atoms with Crippen molar-refractivity contribution in [3.05, 3.63) is 0 Å². The van der Waals surface area contributed by atoms with Crippen LogP contribution in [0.4, 0.5) is 0 Å². The average molecular weight is 202 g/mol. The van der Waals surface area contributed by atoms with Crippen LogP contribution in [0.2, 0.25) is 0 Å². The Labute approximate surface area is 86.5 Å². The molecule has 0 saturated carbocycles. The Bertz CT molecular complexity index is 155. The molecule has 1 atom stereocenters. The van der Waals surface area contributed by atoms with Gasteiger partial charge in [0.25, 0.3) is 0 Å². The lowest BCUT2D eigenvalue weighted by atomic mass is 10.1. The average Bonchev–Trinajstić information content (AvgIpc) is 2.09. The number of carboxylic acid groups (broad SMARTS) is 1. The van der Waals surface area contributed by atoms with E-state index < -0.39 is 5.97 Å². The van der Waals surface area contributed by atoms with Crippen molar-refractivity contribution >= 4 is 5.97 Å². The summed E-state index contributed by atoms with van der Waals surface area (Å²) >= 11 is 0. The Hall–Kier alpha value is -0.570. The molecule has 0 spiro atoms. The number of hydrogen-bond donors (Lipinski definition) is 1. The summed E-state index contributed by atoms with van der Waals surface area (Å²) < 4.78 is 5.56. The normalized spacial score (nSPS) is 13.1. The Morgan fingerprint density at radius 1 is 1.21 bits per heavy atom. The molecule has 1 N–H and O–H groups in total. The lowest BCUT2D eigenvalue weighted by Crippen LogP contribution is -2.15. The summed E-state index contributed by atoms with van der Waals surface area (Å²) in [6, 6.07) is 0. The molecule has 0 saturated heterocycles. The maximum atomic E-state index is 10.2. The molecule has 0 aliphatic carbocycles. The molecule has 0 heterocycles. The second-order valence-electron chi connectivity index (χ2n) is 4.02. The second-order valence-corrected chi connectivity index (χ2v) is 4.02. The Kier molecular flexibility index (Phi) is 7.48. The van der Waals surface area contributed by atoms with Crippen LogP contribution < -0.4 is 0 Å². The van der Waals surface area contributed by atoms with E-state index in [1.54, 1.807) is 0 Å². The van der Waals surface area contributed by atoms with Crippen molar-refractivity contribution in [3.63, 3.8) is 0 Å². The summed E-state index contributed by atoms with van der Waals surface area (Å²) in [6.07, 6.45) is 3.24. The van der Waals surface area contributed by atoms with Gasteiger partial charge in [-0.15, -0.1) is 0 Å². The monoisotopic (exact) mass is 202 g/mol. The molecule has 0 aliphatic heterocycles. The smallest absolute Gasteiger partial charge is 0.303 e. The van der Waals surface area contributed by atoms with Crippen molar-refractivity contribution in [3.8, 4) is 0 Å². The van der Waals surface area contributed by atoms with Gasteiger partial charge >= 0.3 is 5.97 Å². The first kappa shape index (κ1) is 13.4. The number of rotatable bonds is 8. The van der Waals surface area contributed by atoms with Crippen molar-refractivity contribution in [1.29, 1.82) is 0 Å². The highest BCUT2D eigenvalue weighted by Gasteiger charge is 2.06. The van der Waals surface area contributed by atoms with Crippen LogP contribution in [-0.2, 0) is 9.53 Å². The predicted octanol–water partition coefficient (Wildman–Crippen LogP) is 2.69. The quantitative estimate of drug-likeness (QED) is 0.615. The third-order valence-electron chi connectivity index (χ3n) is 2.35. The molecule has 0 aromatic carbocycles. The minimum absolute atomic E-state index is 0.278. The van der Waals surface area contributed by atoms with E-state index in [1.807, 2.05) is 0 Å². The van der Waals surface area contributed by atoms with Gasteiger partial charge in [0.2, 0.25) is 0 Å². The zero-order valence-electron chi connectivity index (χ0n) is 9.45. The number of hydrogen-bond acceptors (Lipinski definition) is 2. The SMILES string of the molecule is CC(C)C(C)OCCCCCC(=O)O. The van der Waals surface area contributed by atoms with E-state index in [2.05, 4.69) is 20.8 Å². The minimum atomic E-state index is -0.707. The predicted molar refractivity (Wildman–Crippen MR) is 56.4 cm³/mol. The number of aliphatic carboxylic acids is 1. The van der Waals surface area contributed by atoms with Gasteiger partial charge in [0.1, 0.15) is 0 Å². The molecule has 0 amide bonds. The second kappa shape index (κ2) is 7.80. The minimum Gasteiger partial charge on any atom is -0.481 e. The standard InChI is InChI=1S/C11H22O3/c1-9(2)10(3)14-8-6-4-5-7-11(12)13/h9-10H,4-8H2,1-3H3,(H,12,13). The fourth-order valence-corrected chi connectivity index (χ4v) is 1.02. The summed E-state index contributed by atoms with van der Waals surface area (Å²) in [6.45, 7) is 7.09. The van der Waals surface area contributed by atoms with Crippen LogP contribution in [0.1, 0.15) is 46.5 Å². The van der Waals surface area contributed by atoms with Gasteiger partial charge in [-0.2, -0.15) is 0 Å². The third-order valence-corrected chi connectivity index (χ3v) is 2.35. The van der Waals surface area contributed by atoms with E-state index in [1.165, 1.54) is 0 Å². The number of carboxylic acids is 1. The fraction of sp³-hybridized carbons (Fsp3) is 0.909. The fourth-order valence-electron chi connectivity index (χ4n) is 1.02. The van der Waals surface area contributed by atoms with E-state index >= 15 is 0 Å². The lowest BCUT2D eigenvalue weighted by Gasteiger charge is -2.16. The molecule has 0 fully saturated rings.